The van der Waals surface area contributed by atoms with Crippen LogP contribution in [0.2, 0.25) is 0 Å². The Morgan fingerprint density at radius 1 is 1.41 bits per heavy atom. The summed E-state index contributed by atoms with van der Waals surface area (Å²) in [5, 5.41) is 12.8. The zero-order chi connectivity index (χ0) is 13.1. The molecule has 0 aliphatic carbocycles. The number of aliphatic hydroxyl groups is 1. The lowest BCUT2D eigenvalue weighted by atomic mass is 9.86. The summed E-state index contributed by atoms with van der Waals surface area (Å²) in [6.45, 7) is 6.96. The molecule has 0 bridgehead atoms. The molecule has 0 unspecified atom stereocenters. The summed E-state index contributed by atoms with van der Waals surface area (Å²) in [4.78, 5) is 15.8. The van der Waals surface area contributed by atoms with Gasteiger partial charge in [0.05, 0.1) is 17.6 Å². The van der Waals surface area contributed by atoms with Crippen LogP contribution in [0.1, 0.15) is 33.3 Å². The number of aromatic nitrogens is 1. The van der Waals surface area contributed by atoms with Crippen LogP contribution >= 0.6 is 0 Å². The number of carbonyl (C=O) groups is 1. The van der Waals surface area contributed by atoms with Gasteiger partial charge >= 0.3 is 0 Å². The van der Waals surface area contributed by atoms with E-state index in [9.17, 15) is 9.90 Å². The maximum Gasteiger partial charge on any atom is 0.224 e. The van der Waals surface area contributed by atoms with Crippen LogP contribution in [0.3, 0.4) is 0 Å². The van der Waals surface area contributed by atoms with Crippen molar-refractivity contribution >= 4 is 5.91 Å². The molecule has 1 amide bonds. The van der Waals surface area contributed by atoms with Crippen molar-refractivity contribution in [1.29, 1.82) is 0 Å². The van der Waals surface area contributed by atoms with Gasteiger partial charge < -0.3 is 10.4 Å². The third-order valence-corrected chi connectivity index (χ3v) is 3.07. The summed E-state index contributed by atoms with van der Waals surface area (Å²) in [5.41, 5.74) is -0.791. The minimum Gasteiger partial charge on any atom is -0.388 e. The summed E-state index contributed by atoms with van der Waals surface area (Å²) in [6.07, 6.45) is 3.60. The van der Waals surface area contributed by atoms with E-state index in [2.05, 4.69) is 10.3 Å². The highest BCUT2D eigenvalue weighted by Gasteiger charge is 2.36. The summed E-state index contributed by atoms with van der Waals surface area (Å²) in [7, 11) is 0. The van der Waals surface area contributed by atoms with Crippen LogP contribution in [-0.2, 0) is 11.2 Å². The van der Waals surface area contributed by atoms with E-state index in [1.54, 1.807) is 46.2 Å². The van der Waals surface area contributed by atoms with E-state index in [0.717, 1.165) is 5.56 Å². The van der Waals surface area contributed by atoms with Gasteiger partial charge in [0, 0.05) is 12.4 Å². The van der Waals surface area contributed by atoms with Gasteiger partial charge in [-0.3, -0.25) is 9.78 Å². The van der Waals surface area contributed by atoms with Gasteiger partial charge in [-0.05, 0) is 39.3 Å². The van der Waals surface area contributed by atoms with E-state index < -0.39 is 11.1 Å². The molecule has 2 N–H and O–H groups in total. The van der Waals surface area contributed by atoms with Crippen molar-refractivity contribution in [3.8, 4) is 0 Å². The third kappa shape index (κ3) is 3.82. The molecule has 0 fully saturated rings. The summed E-state index contributed by atoms with van der Waals surface area (Å²) < 4.78 is 0. The number of rotatable bonds is 4. The highest BCUT2D eigenvalue weighted by Crippen LogP contribution is 2.20. The Kier molecular flexibility index (Phi) is 3.88. The normalized spacial score (nSPS) is 12.3. The second-order valence-corrected chi connectivity index (χ2v) is 5.27. The lowest BCUT2D eigenvalue weighted by molar-refractivity contribution is -0.125. The number of hydrogen-bond acceptors (Lipinski definition) is 3. The van der Waals surface area contributed by atoms with Crippen LogP contribution in [0.15, 0.2) is 24.5 Å². The predicted octanol–water partition coefficient (Wildman–Crippen LogP) is 1.29. The van der Waals surface area contributed by atoms with Crippen molar-refractivity contribution in [2.75, 3.05) is 0 Å². The Bertz CT molecular complexity index is 380. The number of pyridine rings is 1. The molecular formula is C13H20N2O2. The fraction of sp³-hybridized carbons (Fsp3) is 0.538. The minimum absolute atomic E-state index is 0.120. The first-order valence-corrected chi connectivity index (χ1v) is 5.65. The van der Waals surface area contributed by atoms with Crippen LogP contribution in [0.25, 0.3) is 0 Å². The molecule has 1 aromatic heterocycles. The van der Waals surface area contributed by atoms with Gasteiger partial charge in [0.15, 0.2) is 0 Å². The van der Waals surface area contributed by atoms with Gasteiger partial charge in [-0.2, -0.15) is 0 Å². The first-order valence-electron chi connectivity index (χ1n) is 5.65. The molecule has 1 aromatic rings. The van der Waals surface area contributed by atoms with E-state index in [1.165, 1.54) is 0 Å². The second-order valence-electron chi connectivity index (χ2n) is 5.27. The lowest BCUT2D eigenvalue weighted by Gasteiger charge is -2.38. The topological polar surface area (TPSA) is 62.2 Å². The quantitative estimate of drug-likeness (QED) is 0.828. The molecule has 1 rings (SSSR count). The van der Waals surface area contributed by atoms with Gasteiger partial charge in [0.1, 0.15) is 0 Å². The molecule has 4 heteroatoms. The number of hydrogen-bond donors (Lipinski definition) is 2. The molecular weight excluding hydrogens is 216 g/mol. The van der Waals surface area contributed by atoms with Crippen LogP contribution < -0.4 is 5.32 Å². The number of carbonyl (C=O) groups excluding carboxylic acids is 1. The minimum atomic E-state index is -0.975. The first-order chi connectivity index (χ1) is 7.72. The molecule has 0 aliphatic rings. The van der Waals surface area contributed by atoms with E-state index in [-0.39, 0.29) is 12.3 Å². The van der Waals surface area contributed by atoms with Gasteiger partial charge in [-0.1, -0.05) is 6.07 Å². The molecule has 0 atom stereocenters. The molecule has 0 saturated heterocycles. The van der Waals surface area contributed by atoms with Gasteiger partial charge in [-0.15, -0.1) is 0 Å². The SMILES string of the molecule is CC(C)(O)C(C)(C)NC(=O)Cc1cccnc1. The van der Waals surface area contributed by atoms with Crippen molar-refractivity contribution in [3.05, 3.63) is 30.1 Å². The zero-order valence-corrected chi connectivity index (χ0v) is 10.8. The molecule has 0 radical (unpaired) electrons. The standard InChI is InChI=1S/C13H20N2O2/c1-12(2,13(3,4)17)15-11(16)8-10-6-5-7-14-9-10/h5-7,9,17H,8H2,1-4H3,(H,15,16). The highest BCUT2D eigenvalue weighted by molar-refractivity contribution is 5.79. The first kappa shape index (κ1) is 13.6. The van der Waals surface area contributed by atoms with Gasteiger partial charge in [0.25, 0.3) is 0 Å². The Morgan fingerprint density at radius 3 is 2.53 bits per heavy atom. The van der Waals surface area contributed by atoms with Gasteiger partial charge in [0.2, 0.25) is 5.91 Å². The highest BCUT2D eigenvalue weighted by atomic mass is 16.3. The average molecular weight is 236 g/mol. The Hall–Kier alpha value is -1.42. The maximum absolute atomic E-state index is 11.8. The molecule has 0 aromatic carbocycles. The van der Waals surface area contributed by atoms with Crippen molar-refractivity contribution in [1.82, 2.24) is 10.3 Å². The maximum atomic E-state index is 11.8. The van der Waals surface area contributed by atoms with Crippen molar-refractivity contribution in [2.24, 2.45) is 0 Å². The van der Waals surface area contributed by atoms with E-state index in [0.29, 0.717) is 0 Å². The average Bonchev–Trinajstić information content (AvgIpc) is 2.16. The van der Waals surface area contributed by atoms with Crippen LogP contribution in [0.4, 0.5) is 0 Å². The summed E-state index contributed by atoms with van der Waals surface area (Å²) >= 11 is 0. The van der Waals surface area contributed by atoms with Crippen molar-refractivity contribution in [2.45, 2.75) is 45.3 Å². The fourth-order valence-electron chi connectivity index (χ4n) is 1.23. The lowest BCUT2D eigenvalue weighted by Crippen LogP contribution is -2.58. The van der Waals surface area contributed by atoms with Crippen molar-refractivity contribution in [3.63, 3.8) is 0 Å². The Morgan fingerprint density at radius 2 is 2.06 bits per heavy atom. The van der Waals surface area contributed by atoms with Crippen LogP contribution in [-0.4, -0.2) is 27.1 Å². The third-order valence-electron chi connectivity index (χ3n) is 3.07. The van der Waals surface area contributed by atoms with E-state index >= 15 is 0 Å². The fourth-order valence-corrected chi connectivity index (χ4v) is 1.23. The molecule has 94 valence electrons. The Balaban J connectivity index is 2.62. The molecule has 0 saturated carbocycles. The smallest absolute Gasteiger partial charge is 0.224 e. The second kappa shape index (κ2) is 4.84. The largest absolute Gasteiger partial charge is 0.388 e. The monoisotopic (exact) mass is 236 g/mol. The number of nitrogens with one attached hydrogen (secondary N) is 1. The van der Waals surface area contributed by atoms with Crippen LogP contribution in [0, 0.1) is 0 Å². The Labute approximate surface area is 102 Å². The van der Waals surface area contributed by atoms with Crippen molar-refractivity contribution < 1.29 is 9.90 Å². The van der Waals surface area contributed by atoms with E-state index in [1.807, 2.05) is 6.07 Å². The predicted molar refractivity (Wildman–Crippen MR) is 66.5 cm³/mol. The number of nitrogens with zero attached hydrogens (tertiary/aromatic N) is 1. The van der Waals surface area contributed by atoms with Crippen LogP contribution in [0.5, 0.6) is 0 Å². The number of amides is 1. The summed E-state index contributed by atoms with van der Waals surface area (Å²) in [5.74, 6) is -0.120. The van der Waals surface area contributed by atoms with E-state index in [4.69, 9.17) is 0 Å². The molecule has 4 nitrogen and oxygen atoms in total. The molecule has 0 aliphatic heterocycles. The molecule has 17 heavy (non-hydrogen) atoms. The molecule has 0 spiro atoms. The molecule has 1 heterocycles. The van der Waals surface area contributed by atoms with Gasteiger partial charge in [-0.25, -0.2) is 0 Å². The summed E-state index contributed by atoms with van der Waals surface area (Å²) in [6, 6.07) is 3.65. The zero-order valence-electron chi connectivity index (χ0n) is 10.8.